The lowest BCUT2D eigenvalue weighted by atomic mass is 9.94. The predicted octanol–water partition coefficient (Wildman–Crippen LogP) is 4.22. The first kappa shape index (κ1) is 23.7. The molecule has 36 heavy (non-hydrogen) atoms. The average molecular weight is 498 g/mol. The third kappa shape index (κ3) is 5.44. The molecule has 7 nitrogen and oxygen atoms in total. The highest BCUT2D eigenvalue weighted by molar-refractivity contribution is 7.10. The molecule has 0 unspecified atom stereocenters. The third-order valence-electron chi connectivity index (χ3n) is 6.34. The van der Waals surface area contributed by atoms with Gasteiger partial charge in [0.1, 0.15) is 0 Å². The molecule has 0 bridgehead atoms. The van der Waals surface area contributed by atoms with Crippen LogP contribution in [0.2, 0.25) is 0 Å². The van der Waals surface area contributed by atoms with Gasteiger partial charge in [-0.2, -0.15) is 5.10 Å². The molecule has 0 fully saturated rings. The lowest BCUT2D eigenvalue weighted by molar-refractivity contribution is -0.116. The second-order valence-electron chi connectivity index (χ2n) is 8.77. The zero-order chi connectivity index (χ0) is 24.9. The zero-order valence-corrected chi connectivity index (χ0v) is 20.9. The number of aromatic nitrogens is 3. The van der Waals surface area contributed by atoms with E-state index in [-0.39, 0.29) is 11.8 Å². The van der Waals surface area contributed by atoms with Gasteiger partial charge >= 0.3 is 0 Å². The summed E-state index contributed by atoms with van der Waals surface area (Å²) in [6, 6.07) is 13.5. The molecule has 1 N–H and O–H groups in total. The molecule has 4 aromatic rings. The summed E-state index contributed by atoms with van der Waals surface area (Å²) in [6.45, 7) is 4.13. The monoisotopic (exact) mass is 497 g/mol. The molecule has 5 rings (SSSR count). The van der Waals surface area contributed by atoms with Crippen molar-refractivity contribution in [2.24, 2.45) is 0 Å². The van der Waals surface area contributed by atoms with Crippen molar-refractivity contribution in [2.45, 2.75) is 33.0 Å². The summed E-state index contributed by atoms with van der Waals surface area (Å²) in [5.41, 5.74) is 5.87. The van der Waals surface area contributed by atoms with Gasteiger partial charge in [-0.05, 0) is 71.3 Å². The Labute approximate surface area is 214 Å². The topological polar surface area (TPSA) is 80.1 Å². The number of hydrogen-bond acceptors (Lipinski definition) is 5. The highest BCUT2D eigenvalue weighted by Crippen LogP contribution is 2.25. The number of aryl methyl sites for hydroxylation is 1. The fourth-order valence-corrected chi connectivity index (χ4v) is 5.09. The molecule has 0 atom stereocenters. The van der Waals surface area contributed by atoms with E-state index in [1.807, 2.05) is 82.8 Å². The van der Waals surface area contributed by atoms with Gasteiger partial charge in [0.2, 0.25) is 5.91 Å². The average Bonchev–Trinajstić information content (AvgIpc) is 3.61. The smallest absolute Gasteiger partial charge is 0.254 e. The van der Waals surface area contributed by atoms with Crippen molar-refractivity contribution in [3.8, 4) is 0 Å². The number of carbonyl (C=O) groups excluding carboxylic acids is 2. The van der Waals surface area contributed by atoms with Crippen LogP contribution in [0.15, 0.2) is 72.5 Å². The van der Waals surface area contributed by atoms with Crippen LogP contribution in [0, 0.1) is 6.92 Å². The molecule has 0 spiro atoms. The number of fused-ring (bicyclic) bond motifs is 1. The van der Waals surface area contributed by atoms with Crippen molar-refractivity contribution in [2.75, 3.05) is 6.54 Å². The number of nitrogens with one attached hydrogen (secondary N) is 1. The molecule has 0 saturated heterocycles. The number of hydrogen-bond donors (Lipinski definition) is 1. The van der Waals surface area contributed by atoms with Gasteiger partial charge in [0.15, 0.2) is 0 Å². The lowest BCUT2D eigenvalue weighted by Crippen LogP contribution is -2.37. The molecule has 8 heteroatoms. The predicted molar refractivity (Wildman–Crippen MR) is 140 cm³/mol. The van der Waals surface area contributed by atoms with Gasteiger partial charge in [-0.3, -0.25) is 19.3 Å². The van der Waals surface area contributed by atoms with Gasteiger partial charge in [0.25, 0.3) is 5.91 Å². The van der Waals surface area contributed by atoms with Gasteiger partial charge in [-0.1, -0.05) is 18.2 Å². The Kier molecular flexibility index (Phi) is 7.04. The minimum atomic E-state index is -0.136. The maximum atomic E-state index is 13.3. The number of pyridine rings is 1. The van der Waals surface area contributed by atoms with E-state index in [4.69, 9.17) is 0 Å². The summed E-state index contributed by atoms with van der Waals surface area (Å²) >= 11 is 1.59. The standard InChI is InChI=1S/C28H27N5O2S/c1-20-26(17-30-27(34)9-8-24-7-3-14-36-24)25-10-13-32(19-23(25)16-29-20)28(35)22-6-2-5-21(15-22)18-33-12-4-11-31-33/h2-9,11-12,14-16H,10,13,17-19H2,1H3,(H,30,34)/b9-8+. The van der Waals surface area contributed by atoms with Crippen LogP contribution in [-0.4, -0.2) is 38.0 Å². The van der Waals surface area contributed by atoms with Crippen LogP contribution >= 0.6 is 11.3 Å². The van der Waals surface area contributed by atoms with E-state index < -0.39 is 0 Å². The van der Waals surface area contributed by atoms with Crippen molar-refractivity contribution in [3.63, 3.8) is 0 Å². The van der Waals surface area contributed by atoms with Gasteiger partial charge < -0.3 is 10.2 Å². The Morgan fingerprint density at radius 3 is 2.92 bits per heavy atom. The molecule has 3 aromatic heterocycles. The van der Waals surface area contributed by atoms with Crippen LogP contribution < -0.4 is 5.32 Å². The van der Waals surface area contributed by atoms with Gasteiger partial charge in [-0.15, -0.1) is 11.3 Å². The van der Waals surface area contributed by atoms with E-state index >= 15 is 0 Å². The quantitative estimate of drug-likeness (QED) is 0.388. The molecule has 1 aliphatic rings. The van der Waals surface area contributed by atoms with E-state index in [0.29, 0.717) is 31.7 Å². The molecule has 0 radical (unpaired) electrons. The van der Waals surface area contributed by atoms with Crippen LogP contribution in [-0.2, 0) is 30.8 Å². The second-order valence-corrected chi connectivity index (χ2v) is 9.75. The molecular weight excluding hydrogens is 470 g/mol. The first-order valence-corrected chi connectivity index (χ1v) is 12.8. The molecule has 0 saturated carbocycles. The van der Waals surface area contributed by atoms with E-state index in [2.05, 4.69) is 15.4 Å². The van der Waals surface area contributed by atoms with E-state index in [9.17, 15) is 9.59 Å². The number of thiophene rings is 1. The van der Waals surface area contributed by atoms with Crippen LogP contribution in [0.25, 0.3) is 6.08 Å². The largest absolute Gasteiger partial charge is 0.348 e. The van der Waals surface area contributed by atoms with Crippen molar-refractivity contribution >= 4 is 29.2 Å². The summed E-state index contributed by atoms with van der Waals surface area (Å²) in [4.78, 5) is 33.1. The van der Waals surface area contributed by atoms with Crippen LogP contribution in [0.1, 0.15) is 43.2 Å². The Hall–Kier alpha value is -4.04. The van der Waals surface area contributed by atoms with Crippen molar-refractivity contribution in [1.82, 2.24) is 25.0 Å². The maximum Gasteiger partial charge on any atom is 0.254 e. The third-order valence-corrected chi connectivity index (χ3v) is 7.18. The molecule has 1 aromatic carbocycles. The van der Waals surface area contributed by atoms with E-state index in [1.165, 1.54) is 5.56 Å². The summed E-state index contributed by atoms with van der Waals surface area (Å²) < 4.78 is 1.84. The fraction of sp³-hybridized carbons (Fsp3) is 0.214. The number of carbonyl (C=O) groups is 2. The van der Waals surface area contributed by atoms with Crippen LogP contribution in [0.3, 0.4) is 0 Å². The molecule has 4 heterocycles. The Morgan fingerprint density at radius 2 is 2.11 bits per heavy atom. The number of amides is 2. The number of nitrogens with zero attached hydrogens (tertiary/aromatic N) is 4. The van der Waals surface area contributed by atoms with Gasteiger partial charge in [0, 0.05) is 60.4 Å². The SMILES string of the molecule is Cc1ncc2c(c1CNC(=O)/C=C/c1cccs1)CCN(C(=O)c1cccc(Cn3cccn3)c1)C2. The second kappa shape index (κ2) is 10.7. The first-order chi connectivity index (χ1) is 17.6. The van der Waals surface area contributed by atoms with Crippen molar-refractivity contribution in [1.29, 1.82) is 0 Å². The molecule has 1 aliphatic heterocycles. The minimum Gasteiger partial charge on any atom is -0.348 e. The van der Waals surface area contributed by atoms with E-state index in [1.54, 1.807) is 23.6 Å². The molecule has 2 amide bonds. The minimum absolute atomic E-state index is 0.0112. The van der Waals surface area contributed by atoms with Gasteiger partial charge in [0.05, 0.1) is 6.54 Å². The Balaban J connectivity index is 1.26. The summed E-state index contributed by atoms with van der Waals surface area (Å²) in [7, 11) is 0. The maximum absolute atomic E-state index is 13.3. The molecular formula is C28H27N5O2S. The summed E-state index contributed by atoms with van der Waals surface area (Å²) in [6.07, 6.45) is 9.63. The van der Waals surface area contributed by atoms with Crippen LogP contribution in [0.5, 0.6) is 0 Å². The van der Waals surface area contributed by atoms with Gasteiger partial charge in [-0.25, -0.2) is 0 Å². The van der Waals surface area contributed by atoms with Crippen molar-refractivity contribution < 1.29 is 9.59 Å². The Morgan fingerprint density at radius 1 is 1.19 bits per heavy atom. The lowest BCUT2D eigenvalue weighted by Gasteiger charge is -2.30. The Bertz CT molecular complexity index is 1390. The molecule has 182 valence electrons. The highest BCUT2D eigenvalue weighted by atomic mass is 32.1. The highest BCUT2D eigenvalue weighted by Gasteiger charge is 2.25. The van der Waals surface area contributed by atoms with Crippen molar-refractivity contribution in [3.05, 3.63) is 111 Å². The number of benzene rings is 1. The number of rotatable bonds is 7. The zero-order valence-electron chi connectivity index (χ0n) is 20.1. The molecule has 0 aliphatic carbocycles. The van der Waals surface area contributed by atoms with E-state index in [0.717, 1.165) is 33.7 Å². The summed E-state index contributed by atoms with van der Waals surface area (Å²) in [5.74, 6) is -0.125. The first-order valence-electron chi connectivity index (χ1n) is 11.9. The fourth-order valence-electron chi connectivity index (χ4n) is 4.47. The normalized spacial score (nSPS) is 13.1. The van der Waals surface area contributed by atoms with Crippen LogP contribution in [0.4, 0.5) is 0 Å². The summed E-state index contributed by atoms with van der Waals surface area (Å²) in [5, 5.41) is 9.22.